The van der Waals surface area contributed by atoms with Crippen molar-refractivity contribution in [2.24, 2.45) is 0 Å². The molecule has 14 heteroatoms. The van der Waals surface area contributed by atoms with E-state index in [2.05, 4.69) is 9.97 Å². The third-order valence-corrected chi connectivity index (χ3v) is 8.00. The van der Waals surface area contributed by atoms with E-state index in [1.165, 1.54) is 12.0 Å². The Morgan fingerprint density at radius 1 is 1.32 bits per heavy atom. The third kappa shape index (κ3) is 4.30. The van der Waals surface area contributed by atoms with Crippen LogP contribution in [0.4, 0.5) is 32.8 Å². The molecule has 208 valence electrons. The Balaban J connectivity index is 1.87. The lowest BCUT2D eigenvalue weighted by molar-refractivity contribution is -0.137. The summed E-state index contributed by atoms with van der Waals surface area (Å²) in [4.78, 5) is 22.9. The molecule has 0 radical (unpaired) electrons. The van der Waals surface area contributed by atoms with Gasteiger partial charge < -0.3 is 20.3 Å². The average molecular weight is 577 g/mol. The summed E-state index contributed by atoms with van der Waals surface area (Å²) >= 11 is 0.689. The number of nitrogens with zero attached hydrogens (tertiary/aromatic N) is 5. The lowest BCUT2D eigenvalue weighted by Crippen LogP contribution is -2.38. The molecular formula is C26H21F5N6O2S. The van der Waals surface area contributed by atoms with Crippen molar-refractivity contribution in [1.82, 2.24) is 14.9 Å². The predicted octanol–water partition coefficient (Wildman–Crippen LogP) is 5.33. The maximum absolute atomic E-state index is 16.5. The first-order valence-corrected chi connectivity index (χ1v) is 12.9. The number of hydrogen-bond acceptors (Lipinski definition) is 8. The molecule has 40 heavy (non-hydrogen) atoms. The lowest BCUT2D eigenvalue weighted by atomic mass is 9.92. The van der Waals surface area contributed by atoms with Gasteiger partial charge in [0.1, 0.15) is 28.2 Å². The molecule has 1 unspecified atom stereocenters. The first-order chi connectivity index (χ1) is 19.0. The van der Waals surface area contributed by atoms with E-state index in [4.69, 9.17) is 10.5 Å². The van der Waals surface area contributed by atoms with Crippen molar-refractivity contribution in [2.75, 3.05) is 37.4 Å². The minimum atomic E-state index is -5.06. The number of alkyl halides is 3. The van der Waals surface area contributed by atoms with Crippen LogP contribution in [-0.4, -0.2) is 54.1 Å². The minimum Gasteiger partial charge on any atom is -0.467 e. The first kappa shape index (κ1) is 27.3. The van der Waals surface area contributed by atoms with Crippen LogP contribution in [0.15, 0.2) is 18.2 Å². The molecule has 0 saturated carbocycles. The van der Waals surface area contributed by atoms with Crippen LogP contribution >= 0.6 is 11.3 Å². The van der Waals surface area contributed by atoms with E-state index >= 15 is 4.39 Å². The Morgan fingerprint density at radius 3 is 2.67 bits per heavy atom. The molecule has 5 rings (SSSR count). The molecule has 4 aromatic rings. The van der Waals surface area contributed by atoms with Gasteiger partial charge in [0.05, 0.1) is 22.9 Å². The van der Waals surface area contributed by atoms with Gasteiger partial charge in [-0.05, 0) is 31.0 Å². The summed E-state index contributed by atoms with van der Waals surface area (Å²) in [7, 11) is 1.24. The number of amides is 1. The number of nitrogen functional groups attached to an aromatic ring is 1. The van der Waals surface area contributed by atoms with Gasteiger partial charge in [0.25, 0.3) is 0 Å². The van der Waals surface area contributed by atoms with E-state index in [0.717, 1.165) is 18.2 Å². The van der Waals surface area contributed by atoms with Crippen LogP contribution in [0.25, 0.3) is 32.1 Å². The summed E-state index contributed by atoms with van der Waals surface area (Å²) in [6.07, 6.45) is -3.84. The molecule has 2 aromatic carbocycles. The maximum atomic E-state index is 16.5. The Labute approximate surface area is 228 Å². The number of rotatable bonds is 6. The Hall–Kier alpha value is -4.25. The molecular weight excluding hydrogens is 555 g/mol. The van der Waals surface area contributed by atoms with Crippen LogP contribution < -0.4 is 15.4 Å². The highest BCUT2D eigenvalue weighted by molar-refractivity contribution is 7.23. The number of nitrogens with two attached hydrogens (primary N) is 1. The van der Waals surface area contributed by atoms with Crippen molar-refractivity contribution >= 4 is 49.6 Å². The van der Waals surface area contributed by atoms with E-state index in [9.17, 15) is 27.6 Å². The number of fused-ring (bicyclic) bond motifs is 2. The van der Waals surface area contributed by atoms with E-state index in [-0.39, 0.29) is 56.0 Å². The van der Waals surface area contributed by atoms with Gasteiger partial charge in [-0.15, -0.1) is 11.3 Å². The molecule has 0 spiro atoms. The van der Waals surface area contributed by atoms with Crippen LogP contribution in [0.5, 0.6) is 6.01 Å². The predicted molar refractivity (Wildman–Crippen MR) is 140 cm³/mol. The zero-order chi connectivity index (χ0) is 28.9. The van der Waals surface area contributed by atoms with Gasteiger partial charge in [-0.25, -0.2) is 8.78 Å². The second-order valence-electron chi connectivity index (χ2n) is 9.12. The molecule has 1 aliphatic rings. The molecule has 8 nitrogen and oxygen atoms in total. The number of benzene rings is 2. The maximum Gasteiger partial charge on any atom is 0.417 e. The molecule has 1 fully saturated rings. The highest BCUT2D eigenvalue weighted by atomic mass is 32.1. The number of carbonyl (C=O) groups is 1. The molecule has 2 aromatic heterocycles. The zero-order valence-electron chi connectivity index (χ0n) is 21.1. The van der Waals surface area contributed by atoms with E-state index in [1.54, 1.807) is 17.9 Å². The number of methoxy groups -OCH3 is 1. The topological polar surface area (TPSA) is 108 Å². The number of likely N-dealkylation sites (N-methyl/N-ethyl adjacent to an activating group) is 1. The number of hydrogen-bond donors (Lipinski definition) is 1. The first-order valence-electron chi connectivity index (χ1n) is 12.1. The third-order valence-electron chi connectivity index (χ3n) is 6.97. The van der Waals surface area contributed by atoms with Crippen molar-refractivity contribution < 1.29 is 31.5 Å². The van der Waals surface area contributed by atoms with Crippen molar-refractivity contribution in [3.8, 4) is 23.2 Å². The summed E-state index contributed by atoms with van der Waals surface area (Å²) in [5.41, 5.74) is 2.56. The molecule has 3 heterocycles. The summed E-state index contributed by atoms with van der Waals surface area (Å²) in [6, 6.07) is 3.88. The second-order valence-corrected chi connectivity index (χ2v) is 10.2. The van der Waals surface area contributed by atoms with Crippen molar-refractivity contribution in [2.45, 2.75) is 25.6 Å². The van der Waals surface area contributed by atoms with Gasteiger partial charge in [-0.1, -0.05) is 6.07 Å². The Morgan fingerprint density at radius 2 is 2.08 bits per heavy atom. The van der Waals surface area contributed by atoms with Crippen LogP contribution in [0.3, 0.4) is 0 Å². The Kier molecular flexibility index (Phi) is 6.87. The van der Waals surface area contributed by atoms with E-state index < -0.39 is 34.5 Å². The lowest BCUT2D eigenvalue weighted by Gasteiger charge is -2.30. The van der Waals surface area contributed by atoms with Gasteiger partial charge in [0, 0.05) is 42.0 Å². The number of thiophene rings is 1. The van der Waals surface area contributed by atoms with Gasteiger partial charge in [-0.3, -0.25) is 4.79 Å². The molecule has 0 bridgehead atoms. The minimum absolute atomic E-state index is 0.0137. The van der Waals surface area contributed by atoms with Crippen molar-refractivity contribution in [3.63, 3.8) is 0 Å². The van der Waals surface area contributed by atoms with Crippen LogP contribution in [0.2, 0.25) is 0 Å². The summed E-state index contributed by atoms with van der Waals surface area (Å²) in [5, 5.41) is 9.10. The fourth-order valence-electron chi connectivity index (χ4n) is 5.20. The van der Waals surface area contributed by atoms with Gasteiger partial charge in [0.15, 0.2) is 5.82 Å². The molecule has 0 aliphatic carbocycles. The highest BCUT2D eigenvalue weighted by Gasteiger charge is 2.39. The van der Waals surface area contributed by atoms with Crippen LogP contribution in [0.1, 0.15) is 24.5 Å². The summed E-state index contributed by atoms with van der Waals surface area (Å²) < 4.78 is 79.9. The Bertz CT molecular complexity index is 1700. The quantitative estimate of drug-likeness (QED) is 0.244. The van der Waals surface area contributed by atoms with Crippen LogP contribution in [0, 0.1) is 23.0 Å². The SMILES string of the molecule is CCN(c1nc(OC)nc2c(F)c(-c3ccc(F)c4sc(N)c(C#N)c34)c(C(F)(F)F)cc12)C1CCN(C=O)C1. The number of ether oxygens (including phenoxy) is 1. The number of likely N-dealkylation sites (tertiary alicyclic amines) is 1. The molecule has 1 saturated heterocycles. The molecule has 2 N–H and O–H groups in total. The monoisotopic (exact) mass is 576 g/mol. The number of aromatic nitrogens is 2. The van der Waals surface area contributed by atoms with Crippen molar-refractivity contribution in [1.29, 1.82) is 5.26 Å². The van der Waals surface area contributed by atoms with Gasteiger partial charge in [0.2, 0.25) is 6.41 Å². The fraction of sp³-hybridized carbons (Fsp3) is 0.308. The van der Waals surface area contributed by atoms with E-state index in [1.807, 2.05) is 0 Å². The average Bonchev–Trinajstić information content (AvgIpc) is 3.53. The number of nitriles is 1. The number of carbonyl (C=O) groups excluding carboxylic acids is 1. The number of halogens is 5. The molecule has 1 amide bonds. The second kappa shape index (κ2) is 10.1. The molecule has 1 aliphatic heterocycles. The summed E-state index contributed by atoms with van der Waals surface area (Å²) in [5.74, 6) is -2.14. The highest BCUT2D eigenvalue weighted by Crippen LogP contribution is 2.48. The zero-order valence-corrected chi connectivity index (χ0v) is 22.0. The standard InChI is InChI=1S/C26H21F5N6O2S/c1-3-37(12-6-7-36(10-12)11-38)24-14-8-16(26(29,30)31)19(20(28)21(14)34-25(35-24)39-2)13-4-5-17(27)22-18(13)15(9-32)23(33)40-22/h4-5,8,11-12H,3,6-7,10,33H2,1-2H3. The largest absolute Gasteiger partial charge is 0.467 e. The number of anilines is 2. The van der Waals surface area contributed by atoms with E-state index in [0.29, 0.717) is 37.3 Å². The normalized spacial score (nSPS) is 15.6. The molecule has 1 atom stereocenters. The van der Waals surface area contributed by atoms with Gasteiger partial charge in [-0.2, -0.15) is 28.4 Å². The van der Waals surface area contributed by atoms with Gasteiger partial charge >= 0.3 is 12.2 Å². The van der Waals surface area contributed by atoms with Crippen LogP contribution in [-0.2, 0) is 11.0 Å². The summed E-state index contributed by atoms with van der Waals surface area (Å²) in [6.45, 7) is 2.80. The smallest absolute Gasteiger partial charge is 0.417 e. The van der Waals surface area contributed by atoms with Crippen molar-refractivity contribution in [3.05, 3.63) is 41.0 Å². The fourth-order valence-corrected chi connectivity index (χ4v) is 6.15.